The van der Waals surface area contributed by atoms with Crippen LogP contribution in [0, 0.1) is 0 Å². The lowest BCUT2D eigenvalue weighted by Gasteiger charge is -2.36. The summed E-state index contributed by atoms with van der Waals surface area (Å²) in [5.74, 6) is 1.69. The predicted molar refractivity (Wildman–Crippen MR) is 106 cm³/mol. The molecule has 24 heavy (non-hydrogen) atoms. The Labute approximate surface area is 149 Å². The van der Waals surface area contributed by atoms with E-state index in [4.69, 9.17) is 0 Å². The van der Waals surface area contributed by atoms with Gasteiger partial charge in [0.1, 0.15) is 5.66 Å². The fraction of sp³-hybridized carbons (Fsp3) is 0.895. The van der Waals surface area contributed by atoms with Gasteiger partial charge in [-0.3, -0.25) is 15.3 Å². The average molecular weight is 338 g/mol. The number of hydrogen-bond acceptors (Lipinski definition) is 2. The molecule has 1 rings (SSSR count). The van der Waals surface area contributed by atoms with E-state index in [1.54, 1.807) is 0 Å². The van der Waals surface area contributed by atoms with E-state index < -0.39 is 0 Å². The van der Waals surface area contributed by atoms with E-state index in [0.29, 0.717) is 0 Å². The summed E-state index contributed by atoms with van der Waals surface area (Å²) in [4.78, 5) is 9.34. The van der Waals surface area contributed by atoms with Crippen LogP contribution in [-0.4, -0.2) is 30.7 Å². The molecule has 0 unspecified atom stereocenters. The molecule has 1 heterocycles. The maximum Gasteiger partial charge on any atom is 0.199 e. The van der Waals surface area contributed by atoms with E-state index in [9.17, 15) is 0 Å². The zero-order valence-electron chi connectivity index (χ0n) is 16.4. The molecule has 0 radical (unpaired) electrons. The molecule has 0 aromatic rings. The van der Waals surface area contributed by atoms with E-state index in [0.717, 1.165) is 37.9 Å². The fourth-order valence-corrected chi connectivity index (χ4v) is 2.77. The van der Waals surface area contributed by atoms with Crippen LogP contribution in [0.5, 0.6) is 0 Å². The van der Waals surface area contributed by atoms with E-state index in [-0.39, 0.29) is 5.66 Å². The number of aliphatic imine (C=N–C) groups is 2. The van der Waals surface area contributed by atoms with Gasteiger partial charge < -0.3 is 10.6 Å². The Kier molecular flexibility index (Phi) is 10.5. The number of guanidine groups is 2. The topological polar surface area (TPSA) is 60.8 Å². The summed E-state index contributed by atoms with van der Waals surface area (Å²) in [5, 5.41) is 10.1. The number of nitrogens with one attached hydrogen (secondary N) is 3. The van der Waals surface area contributed by atoms with Crippen molar-refractivity contribution >= 4 is 11.9 Å². The van der Waals surface area contributed by atoms with Gasteiger partial charge in [0, 0.05) is 13.1 Å². The molecule has 0 aromatic carbocycles. The molecule has 5 heteroatoms. The average Bonchev–Trinajstić information content (AvgIpc) is 2.53. The molecule has 0 aliphatic carbocycles. The SMILES string of the molecule is CCCCCCCN=C1NC(=NCCCCCCC)NC(C)(C)N1. The molecule has 0 aromatic heterocycles. The number of unbranched alkanes of at least 4 members (excludes halogenated alkanes) is 8. The Bertz CT molecular complexity index is 353. The monoisotopic (exact) mass is 337 g/mol. The molecule has 0 saturated carbocycles. The first-order valence-electron chi connectivity index (χ1n) is 9.99. The molecule has 1 fully saturated rings. The largest absolute Gasteiger partial charge is 0.334 e. The summed E-state index contributed by atoms with van der Waals surface area (Å²) in [6.07, 6.45) is 12.7. The molecule has 1 aliphatic heterocycles. The van der Waals surface area contributed by atoms with Gasteiger partial charge in [0.2, 0.25) is 0 Å². The molecule has 140 valence electrons. The third kappa shape index (κ3) is 9.78. The standard InChI is InChI=1S/C19H39N5/c1-5-7-9-11-13-15-20-17-22-18(24-19(3,4)23-17)21-16-14-12-10-8-6-2/h5-16H2,1-4H3,(H3,20,21,22,23,24). The number of nitrogens with zero attached hydrogens (tertiary/aromatic N) is 2. The summed E-state index contributed by atoms with van der Waals surface area (Å²) in [6, 6.07) is 0. The molecule has 0 bridgehead atoms. The lowest BCUT2D eigenvalue weighted by molar-refractivity contribution is 0.403. The second kappa shape index (κ2) is 12.2. The van der Waals surface area contributed by atoms with Crippen LogP contribution in [0.3, 0.4) is 0 Å². The highest BCUT2D eigenvalue weighted by atomic mass is 15.4. The van der Waals surface area contributed by atoms with Gasteiger partial charge in [-0.05, 0) is 26.7 Å². The highest BCUT2D eigenvalue weighted by Gasteiger charge is 2.26. The Morgan fingerprint density at radius 1 is 0.667 bits per heavy atom. The second-order valence-electron chi connectivity index (χ2n) is 7.29. The van der Waals surface area contributed by atoms with Crippen LogP contribution in [0.4, 0.5) is 0 Å². The minimum atomic E-state index is -0.215. The van der Waals surface area contributed by atoms with Gasteiger partial charge in [-0.2, -0.15) is 0 Å². The van der Waals surface area contributed by atoms with Crippen LogP contribution in [0.1, 0.15) is 91.9 Å². The van der Waals surface area contributed by atoms with Crippen molar-refractivity contribution in [3.8, 4) is 0 Å². The van der Waals surface area contributed by atoms with E-state index in [2.05, 4.69) is 53.6 Å². The third-order valence-electron chi connectivity index (χ3n) is 4.16. The normalized spacial score (nSPS) is 19.8. The van der Waals surface area contributed by atoms with Crippen molar-refractivity contribution in [1.82, 2.24) is 16.0 Å². The van der Waals surface area contributed by atoms with Crippen LogP contribution >= 0.6 is 0 Å². The van der Waals surface area contributed by atoms with E-state index in [1.807, 2.05) is 0 Å². The zero-order valence-corrected chi connectivity index (χ0v) is 16.4. The van der Waals surface area contributed by atoms with Crippen molar-refractivity contribution in [3.05, 3.63) is 0 Å². The van der Waals surface area contributed by atoms with E-state index >= 15 is 0 Å². The second-order valence-corrected chi connectivity index (χ2v) is 7.29. The van der Waals surface area contributed by atoms with Crippen LogP contribution < -0.4 is 16.0 Å². The molecule has 0 atom stereocenters. The molecule has 0 spiro atoms. The predicted octanol–water partition coefficient (Wildman–Crippen LogP) is 4.16. The van der Waals surface area contributed by atoms with Crippen LogP contribution in [-0.2, 0) is 0 Å². The summed E-state index contributed by atoms with van der Waals surface area (Å²) < 4.78 is 0. The van der Waals surface area contributed by atoms with Gasteiger partial charge in [0.25, 0.3) is 0 Å². The first-order valence-corrected chi connectivity index (χ1v) is 9.99. The first kappa shape index (κ1) is 20.8. The Hall–Kier alpha value is -1.26. The van der Waals surface area contributed by atoms with Crippen molar-refractivity contribution in [2.75, 3.05) is 13.1 Å². The van der Waals surface area contributed by atoms with Gasteiger partial charge in [-0.15, -0.1) is 0 Å². The minimum Gasteiger partial charge on any atom is -0.334 e. The van der Waals surface area contributed by atoms with Crippen molar-refractivity contribution in [3.63, 3.8) is 0 Å². The van der Waals surface area contributed by atoms with Gasteiger partial charge in [-0.25, -0.2) is 0 Å². The lowest BCUT2D eigenvalue weighted by Crippen LogP contribution is -2.68. The van der Waals surface area contributed by atoms with Crippen molar-refractivity contribution < 1.29 is 0 Å². The Morgan fingerprint density at radius 3 is 1.50 bits per heavy atom. The molecule has 1 saturated heterocycles. The van der Waals surface area contributed by atoms with E-state index in [1.165, 1.54) is 51.4 Å². The third-order valence-corrected chi connectivity index (χ3v) is 4.16. The summed E-state index contributed by atoms with van der Waals surface area (Å²) in [5.41, 5.74) is -0.215. The lowest BCUT2D eigenvalue weighted by atomic mass is 10.1. The number of hydrogen-bond donors (Lipinski definition) is 3. The summed E-state index contributed by atoms with van der Waals surface area (Å²) in [7, 11) is 0. The maximum absolute atomic E-state index is 4.67. The highest BCUT2D eigenvalue weighted by Crippen LogP contribution is 2.05. The minimum absolute atomic E-state index is 0.215. The van der Waals surface area contributed by atoms with Gasteiger partial charge in [0.15, 0.2) is 11.9 Å². The fourth-order valence-electron chi connectivity index (χ4n) is 2.77. The summed E-state index contributed by atoms with van der Waals surface area (Å²) in [6.45, 7) is 10.5. The van der Waals surface area contributed by atoms with Gasteiger partial charge in [-0.1, -0.05) is 65.2 Å². The highest BCUT2D eigenvalue weighted by molar-refractivity contribution is 6.01. The summed E-state index contributed by atoms with van der Waals surface area (Å²) >= 11 is 0. The molecule has 3 N–H and O–H groups in total. The van der Waals surface area contributed by atoms with Crippen LogP contribution in [0.2, 0.25) is 0 Å². The zero-order chi connectivity index (χ0) is 17.7. The van der Waals surface area contributed by atoms with Crippen molar-refractivity contribution in [2.45, 2.75) is 97.6 Å². The Morgan fingerprint density at radius 2 is 1.08 bits per heavy atom. The first-order chi connectivity index (χ1) is 11.6. The molecule has 0 amide bonds. The van der Waals surface area contributed by atoms with Crippen molar-refractivity contribution in [1.29, 1.82) is 0 Å². The van der Waals surface area contributed by atoms with Crippen LogP contribution in [0.15, 0.2) is 9.98 Å². The molecular weight excluding hydrogens is 298 g/mol. The quantitative estimate of drug-likeness (QED) is 0.469. The molecule has 5 nitrogen and oxygen atoms in total. The van der Waals surface area contributed by atoms with Crippen molar-refractivity contribution in [2.24, 2.45) is 9.98 Å². The van der Waals surface area contributed by atoms with Gasteiger partial charge >= 0.3 is 0 Å². The molecular formula is C19H39N5. The Balaban J connectivity index is 2.36. The number of rotatable bonds is 12. The maximum atomic E-state index is 4.67. The smallest absolute Gasteiger partial charge is 0.199 e. The van der Waals surface area contributed by atoms with Gasteiger partial charge in [0.05, 0.1) is 0 Å². The van der Waals surface area contributed by atoms with Crippen LogP contribution in [0.25, 0.3) is 0 Å². The molecule has 1 aliphatic rings.